The minimum atomic E-state index is 0.835. The van der Waals surface area contributed by atoms with E-state index in [2.05, 4.69) is 199 Å². The summed E-state index contributed by atoms with van der Waals surface area (Å²) in [4.78, 5) is 2.34. The molecule has 9 rings (SSSR count). The van der Waals surface area contributed by atoms with E-state index in [1.54, 1.807) is 0 Å². The Hall–Kier alpha value is -6.64. The number of rotatable bonds is 6. The van der Waals surface area contributed by atoms with Gasteiger partial charge < -0.3 is 9.64 Å². The summed E-state index contributed by atoms with van der Waals surface area (Å²) < 4.78 is 6.73. The van der Waals surface area contributed by atoms with E-state index in [4.69, 9.17) is 4.74 Å². The zero-order valence-corrected chi connectivity index (χ0v) is 27.4. The molecule has 0 bridgehead atoms. The fraction of sp³-hybridized carbons (Fsp3) is 0. The van der Waals surface area contributed by atoms with E-state index in [0.29, 0.717) is 0 Å². The Balaban J connectivity index is 1.23. The van der Waals surface area contributed by atoms with Crippen LogP contribution in [0.15, 0.2) is 200 Å². The van der Waals surface area contributed by atoms with Crippen molar-refractivity contribution < 1.29 is 4.74 Å². The first-order valence-electron chi connectivity index (χ1n) is 17.0. The average Bonchev–Trinajstić information content (AvgIpc) is 3.34. The molecular formula is C48H33NO. The Morgan fingerprint density at radius 3 is 1.32 bits per heavy atom. The second-order valence-electron chi connectivity index (χ2n) is 12.5. The molecule has 1 aliphatic rings. The van der Waals surface area contributed by atoms with Gasteiger partial charge in [0.05, 0.1) is 0 Å². The standard InChI is InChI=1S/C48H33NO/c1-4-13-34(14-5-1)36-23-27-39(28-24-36)49(40-29-25-37(26-30-40)35-15-6-2-7-16-35)41-31-32-47-45(33-41)48-42(38-17-8-3-9-18-38)20-12-21-44(48)43-19-10-11-22-46(43)50-47/h1-33H. The highest BCUT2D eigenvalue weighted by atomic mass is 16.5. The summed E-state index contributed by atoms with van der Waals surface area (Å²) >= 11 is 0. The van der Waals surface area contributed by atoms with E-state index in [9.17, 15) is 0 Å². The lowest BCUT2D eigenvalue weighted by molar-refractivity contribution is 0.488. The van der Waals surface area contributed by atoms with Crippen LogP contribution in [0, 0.1) is 0 Å². The number of para-hydroxylation sites is 1. The fourth-order valence-corrected chi connectivity index (χ4v) is 7.08. The Morgan fingerprint density at radius 2 is 0.720 bits per heavy atom. The minimum absolute atomic E-state index is 0.835. The third kappa shape index (κ3) is 5.43. The summed E-state index contributed by atoms with van der Waals surface area (Å²) in [5.74, 6) is 1.69. The Labute approximate surface area is 293 Å². The largest absolute Gasteiger partial charge is 0.456 e. The van der Waals surface area contributed by atoms with Crippen LogP contribution >= 0.6 is 0 Å². The van der Waals surface area contributed by atoms with Crippen molar-refractivity contribution in [3.05, 3.63) is 200 Å². The van der Waals surface area contributed by atoms with E-state index in [1.807, 2.05) is 6.07 Å². The van der Waals surface area contributed by atoms with Gasteiger partial charge in [0.25, 0.3) is 0 Å². The highest BCUT2D eigenvalue weighted by molar-refractivity contribution is 6.00. The summed E-state index contributed by atoms with van der Waals surface area (Å²) in [5.41, 5.74) is 14.8. The molecule has 8 aromatic carbocycles. The molecule has 0 fully saturated rings. The number of anilines is 3. The Bertz CT molecular complexity index is 2330. The van der Waals surface area contributed by atoms with Crippen molar-refractivity contribution in [1.29, 1.82) is 0 Å². The van der Waals surface area contributed by atoms with Gasteiger partial charge in [-0.2, -0.15) is 0 Å². The quantitative estimate of drug-likeness (QED) is 0.179. The second kappa shape index (κ2) is 12.8. The minimum Gasteiger partial charge on any atom is -0.456 e. The summed E-state index contributed by atoms with van der Waals surface area (Å²) in [7, 11) is 0. The molecule has 1 aliphatic heterocycles. The van der Waals surface area contributed by atoms with Crippen LogP contribution in [-0.4, -0.2) is 0 Å². The van der Waals surface area contributed by atoms with Crippen LogP contribution in [0.3, 0.4) is 0 Å². The third-order valence-electron chi connectivity index (χ3n) is 9.50. The van der Waals surface area contributed by atoms with E-state index in [1.165, 1.54) is 38.9 Å². The fourth-order valence-electron chi connectivity index (χ4n) is 7.08. The summed E-state index contributed by atoms with van der Waals surface area (Å²) in [5, 5.41) is 0. The van der Waals surface area contributed by atoms with Crippen LogP contribution in [0.4, 0.5) is 17.1 Å². The van der Waals surface area contributed by atoms with Gasteiger partial charge in [-0.25, -0.2) is 0 Å². The van der Waals surface area contributed by atoms with Crippen molar-refractivity contribution in [2.45, 2.75) is 0 Å². The van der Waals surface area contributed by atoms with Gasteiger partial charge in [0.15, 0.2) is 0 Å². The van der Waals surface area contributed by atoms with Crippen LogP contribution in [0.25, 0.3) is 55.6 Å². The number of hydrogen-bond acceptors (Lipinski definition) is 2. The SMILES string of the molecule is c1ccc(-c2ccc(N(c3ccc(-c4ccccc4)cc3)c3ccc4c(c3)-c3c(-c5ccccc5)cccc3-c3ccccc3O4)cc2)cc1. The van der Waals surface area contributed by atoms with Gasteiger partial charge in [0, 0.05) is 33.8 Å². The number of nitrogens with zero attached hydrogens (tertiary/aromatic N) is 1. The normalized spacial score (nSPS) is 11.4. The van der Waals surface area contributed by atoms with Crippen molar-refractivity contribution in [1.82, 2.24) is 0 Å². The lowest BCUT2D eigenvalue weighted by Gasteiger charge is -2.27. The Kier molecular flexibility index (Phi) is 7.53. The number of hydrogen-bond donors (Lipinski definition) is 0. The molecule has 0 aromatic heterocycles. The zero-order valence-electron chi connectivity index (χ0n) is 27.4. The number of ether oxygens (including phenoxy) is 1. The second-order valence-corrected chi connectivity index (χ2v) is 12.5. The average molecular weight is 640 g/mol. The Morgan fingerprint density at radius 1 is 0.280 bits per heavy atom. The zero-order chi connectivity index (χ0) is 33.3. The van der Waals surface area contributed by atoms with E-state index in [-0.39, 0.29) is 0 Å². The molecule has 0 unspecified atom stereocenters. The molecular weight excluding hydrogens is 607 g/mol. The predicted molar refractivity (Wildman–Crippen MR) is 208 cm³/mol. The molecule has 0 saturated carbocycles. The molecule has 0 atom stereocenters. The van der Waals surface area contributed by atoms with Gasteiger partial charge in [0.2, 0.25) is 0 Å². The maximum absolute atomic E-state index is 6.73. The van der Waals surface area contributed by atoms with Gasteiger partial charge in [-0.15, -0.1) is 0 Å². The van der Waals surface area contributed by atoms with Crippen molar-refractivity contribution in [2.75, 3.05) is 4.90 Å². The van der Waals surface area contributed by atoms with Gasteiger partial charge >= 0.3 is 0 Å². The third-order valence-corrected chi connectivity index (χ3v) is 9.50. The monoisotopic (exact) mass is 639 g/mol. The smallest absolute Gasteiger partial charge is 0.135 e. The van der Waals surface area contributed by atoms with Crippen molar-refractivity contribution in [2.24, 2.45) is 0 Å². The molecule has 0 radical (unpaired) electrons. The van der Waals surface area contributed by atoms with Crippen LogP contribution in [0.5, 0.6) is 11.5 Å². The van der Waals surface area contributed by atoms with Crippen molar-refractivity contribution in [3.63, 3.8) is 0 Å². The van der Waals surface area contributed by atoms with E-state index < -0.39 is 0 Å². The first kappa shape index (κ1) is 29.5. The highest BCUT2D eigenvalue weighted by Crippen LogP contribution is 2.52. The number of benzene rings is 8. The van der Waals surface area contributed by atoms with Crippen molar-refractivity contribution >= 4 is 17.1 Å². The van der Waals surface area contributed by atoms with Crippen LogP contribution < -0.4 is 9.64 Å². The maximum Gasteiger partial charge on any atom is 0.135 e. The van der Waals surface area contributed by atoms with Crippen LogP contribution in [0.1, 0.15) is 0 Å². The predicted octanol–water partition coefficient (Wildman–Crippen LogP) is 13.6. The summed E-state index contributed by atoms with van der Waals surface area (Å²) in [6.45, 7) is 0. The van der Waals surface area contributed by atoms with Crippen LogP contribution in [-0.2, 0) is 0 Å². The van der Waals surface area contributed by atoms with Gasteiger partial charge in [-0.3, -0.25) is 0 Å². The summed E-state index contributed by atoms with van der Waals surface area (Å²) in [6.07, 6.45) is 0. The molecule has 1 heterocycles. The first-order valence-corrected chi connectivity index (χ1v) is 17.0. The molecule has 2 heteroatoms. The van der Waals surface area contributed by atoms with Gasteiger partial charge in [-0.05, 0) is 87.5 Å². The van der Waals surface area contributed by atoms with Crippen LogP contribution in [0.2, 0.25) is 0 Å². The van der Waals surface area contributed by atoms with Crippen molar-refractivity contribution in [3.8, 4) is 67.1 Å². The molecule has 236 valence electrons. The topological polar surface area (TPSA) is 12.5 Å². The van der Waals surface area contributed by atoms with Gasteiger partial charge in [0.1, 0.15) is 11.5 Å². The first-order chi connectivity index (χ1) is 24.8. The number of fused-ring (bicyclic) bond motifs is 5. The molecule has 0 spiro atoms. The maximum atomic E-state index is 6.73. The molecule has 0 amide bonds. The summed E-state index contributed by atoms with van der Waals surface area (Å²) in [6, 6.07) is 71.0. The molecule has 0 N–H and O–H groups in total. The molecule has 8 aromatic rings. The van der Waals surface area contributed by atoms with E-state index in [0.717, 1.165) is 45.3 Å². The molecule has 0 aliphatic carbocycles. The molecule has 0 saturated heterocycles. The molecule has 2 nitrogen and oxygen atoms in total. The van der Waals surface area contributed by atoms with Gasteiger partial charge in [-0.1, -0.05) is 152 Å². The highest BCUT2D eigenvalue weighted by Gasteiger charge is 2.25. The molecule has 50 heavy (non-hydrogen) atoms. The lowest BCUT2D eigenvalue weighted by Crippen LogP contribution is -2.10. The van der Waals surface area contributed by atoms with E-state index >= 15 is 0 Å². The lowest BCUT2D eigenvalue weighted by atomic mass is 9.87.